The number of anilines is 1. The first-order valence-electron chi connectivity index (χ1n) is 10.0. The predicted molar refractivity (Wildman–Crippen MR) is 110 cm³/mol. The minimum absolute atomic E-state index is 0.00117. The van der Waals surface area contributed by atoms with Gasteiger partial charge in [-0.05, 0) is 43.5 Å². The van der Waals surface area contributed by atoms with E-state index < -0.39 is 0 Å². The highest BCUT2D eigenvalue weighted by molar-refractivity contribution is 7.15. The van der Waals surface area contributed by atoms with Crippen LogP contribution in [0.4, 0.5) is 5.69 Å². The Bertz CT molecular complexity index is 849. The lowest BCUT2D eigenvalue weighted by Gasteiger charge is -2.29. The van der Waals surface area contributed by atoms with Crippen molar-refractivity contribution in [2.45, 2.75) is 37.4 Å². The van der Waals surface area contributed by atoms with E-state index in [1.54, 1.807) is 0 Å². The summed E-state index contributed by atoms with van der Waals surface area (Å²) in [6.45, 7) is 3.30. The standard InChI is InChI=1S/C21H25N3O3S/c25-21(23-18-12-14-4-5-17(18)22-14)19-6-7-20(28-19)27-16-3-1-2-15(13-16)24-8-10-26-11-9-24/h1-3,6-7,13-14,17-18,22H,4-5,8-12H2,(H,23,25)/t14-,17+,18-/m1/s1. The van der Waals surface area contributed by atoms with Crippen molar-refractivity contribution >= 4 is 22.9 Å². The van der Waals surface area contributed by atoms with Crippen LogP contribution in [0.15, 0.2) is 36.4 Å². The maximum absolute atomic E-state index is 12.6. The number of carbonyl (C=O) groups excluding carboxylic acids is 1. The Morgan fingerprint density at radius 1 is 1.21 bits per heavy atom. The lowest BCUT2D eigenvalue weighted by atomic mass is 9.95. The number of carbonyl (C=O) groups is 1. The highest BCUT2D eigenvalue weighted by atomic mass is 32.1. The smallest absolute Gasteiger partial charge is 0.261 e. The van der Waals surface area contributed by atoms with E-state index in [2.05, 4.69) is 21.6 Å². The van der Waals surface area contributed by atoms with Crippen molar-refractivity contribution in [3.63, 3.8) is 0 Å². The number of nitrogens with one attached hydrogen (secondary N) is 2. The van der Waals surface area contributed by atoms with Crippen LogP contribution in [0.1, 0.15) is 28.9 Å². The number of fused-ring (bicyclic) bond motifs is 2. The van der Waals surface area contributed by atoms with E-state index in [1.807, 2.05) is 30.3 Å². The number of rotatable bonds is 5. The fraction of sp³-hybridized carbons (Fsp3) is 0.476. The van der Waals surface area contributed by atoms with Crippen LogP contribution in [-0.4, -0.2) is 50.3 Å². The average Bonchev–Trinajstić information content (AvgIpc) is 3.46. The Hall–Kier alpha value is -2.09. The highest BCUT2D eigenvalue weighted by Crippen LogP contribution is 2.33. The number of nitrogens with zero attached hydrogens (tertiary/aromatic N) is 1. The molecule has 0 unspecified atom stereocenters. The number of amides is 1. The fourth-order valence-corrected chi connectivity index (χ4v) is 5.18. The third-order valence-corrected chi connectivity index (χ3v) is 6.80. The Labute approximate surface area is 168 Å². The molecule has 148 valence electrons. The average molecular weight is 400 g/mol. The molecular formula is C21H25N3O3S. The monoisotopic (exact) mass is 399 g/mol. The van der Waals surface area contributed by atoms with E-state index in [1.165, 1.54) is 17.8 Å². The van der Waals surface area contributed by atoms with Gasteiger partial charge in [0.2, 0.25) is 0 Å². The van der Waals surface area contributed by atoms with Crippen LogP contribution < -0.4 is 20.3 Å². The van der Waals surface area contributed by atoms with Crippen molar-refractivity contribution in [1.29, 1.82) is 0 Å². The van der Waals surface area contributed by atoms with Gasteiger partial charge in [-0.3, -0.25) is 4.79 Å². The molecule has 1 amide bonds. The molecule has 28 heavy (non-hydrogen) atoms. The summed E-state index contributed by atoms with van der Waals surface area (Å²) in [6, 6.07) is 13.1. The van der Waals surface area contributed by atoms with Crippen LogP contribution in [0.2, 0.25) is 0 Å². The van der Waals surface area contributed by atoms with E-state index in [0.717, 1.165) is 55.6 Å². The number of thiophene rings is 1. The van der Waals surface area contributed by atoms with Gasteiger partial charge in [-0.25, -0.2) is 0 Å². The first-order valence-corrected chi connectivity index (χ1v) is 10.8. The van der Waals surface area contributed by atoms with Gasteiger partial charge in [0.1, 0.15) is 5.75 Å². The molecule has 3 atom stereocenters. The van der Waals surface area contributed by atoms with Gasteiger partial charge in [0.05, 0.1) is 18.1 Å². The third-order valence-electron chi connectivity index (χ3n) is 5.83. The summed E-state index contributed by atoms with van der Waals surface area (Å²) < 4.78 is 11.5. The minimum atomic E-state index is 0.00117. The first kappa shape index (κ1) is 18.0. The second kappa shape index (κ2) is 7.73. The van der Waals surface area contributed by atoms with Gasteiger partial charge in [0.25, 0.3) is 5.91 Å². The van der Waals surface area contributed by atoms with E-state index in [0.29, 0.717) is 17.0 Å². The molecule has 0 spiro atoms. The van der Waals surface area contributed by atoms with Gasteiger partial charge in [0, 0.05) is 43.0 Å². The summed E-state index contributed by atoms with van der Waals surface area (Å²) >= 11 is 1.39. The van der Waals surface area contributed by atoms with E-state index in [9.17, 15) is 4.79 Å². The van der Waals surface area contributed by atoms with Gasteiger partial charge in [-0.2, -0.15) is 0 Å². The summed E-state index contributed by atoms with van der Waals surface area (Å²) in [5, 5.41) is 7.48. The second-order valence-electron chi connectivity index (χ2n) is 7.68. The molecule has 3 aliphatic rings. The lowest BCUT2D eigenvalue weighted by Crippen LogP contribution is -2.42. The van der Waals surface area contributed by atoms with Crippen LogP contribution in [0.3, 0.4) is 0 Å². The highest BCUT2D eigenvalue weighted by Gasteiger charge is 2.39. The minimum Gasteiger partial charge on any atom is -0.447 e. The van der Waals surface area contributed by atoms with Gasteiger partial charge in [-0.1, -0.05) is 17.4 Å². The van der Waals surface area contributed by atoms with E-state index in [-0.39, 0.29) is 11.9 Å². The molecule has 3 fully saturated rings. The van der Waals surface area contributed by atoms with Crippen LogP contribution >= 0.6 is 11.3 Å². The first-order chi connectivity index (χ1) is 13.7. The molecule has 2 bridgehead atoms. The van der Waals surface area contributed by atoms with Crippen molar-refractivity contribution in [2.24, 2.45) is 0 Å². The lowest BCUT2D eigenvalue weighted by molar-refractivity contribution is 0.0935. The number of benzene rings is 1. The van der Waals surface area contributed by atoms with Gasteiger partial charge >= 0.3 is 0 Å². The zero-order valence-electron chi connectivity index (χ0n) is 15.7. The molecule has 7 heteroatoms. The van der Waals surface area contributed by atoms with Crippen molar-refractivity contribution < 1.29 is 14.3 Å². The predicted octanol–water partition coefficient (Wildman–Crippen LogP) is 3.00. The zero-order valence-corrected chi connectivity index (χ0v) is 16.5. The maximum Gasteiger partial charge on any atom is 0.261 e. The molecule has 3 aliphatic heterocycles. The molecule has 0 radical (unpaired) electrons. The van der Waals surface area contributed by atoms with Crippen molar-refractivity contribution in [3.05, 3.63) is 41.3 Å². The molecule has 2 N–H and O–H groups in total. The molecule has 2 aromatic rings. The fourth-order valence-electron chi connectivity index (χ4n) is 4.40. The van der Waals surface area contributed by atoms with Crippen molar-refractivity contribution in [2.75, 3.05) is 31.2 Å². The van der Waals surface area contributed by atoms with Crippen LogP contribution in [0.25, 0.3) is 0 Å². The molecule has 5 rings (SSSR count). The molecule has 1 aromatic carbocycles. The summed E-state index contributed by atoms with van der Waals surface area (Å²) in [5.41, 5.74) is 1.14. The molecular weight excluding hydrogens is 374 g/mol. The maximum atomic E-state index is 12.6. The molecule has 0 saturated carbocycles. The summed E-state index contributed by atoms with van der Waals surface area (Å²) in [4.78, 5) is 15.6. The van der Waals surface area contributed by atoms with Crippen LogP contribution in [-0.2, 0) is 4.74 Å². The van der Waals surface area contributed by atoms with E-state index >= 15 is 0 Å². The molecule has 6 nitrogen and oxygen atoms in total. The SMILES string of the molecule is O=C(N[C@@H]1C[C@H]2CC[C@@H]1N2)c1ccc(Oc2cccc(N3CCOCC3)c2)s1. The number of ether oxygens (including phenoxy) is 2. The van der Waals surface area contributed by atoms with Crippen LogP contribution in [0.5, 0.6) is 10.8 Å². The molecule has 3 saturated heterocycles. The Morgan fingerprint density at radius 3 is 2.89 bits per heavy atom. The normalized spacial score (nSPS) is 26.4. The topological polar surface area (TPSA) is 62.8 Å². The van der Waals surface area contributed by atoms with Gasteiger partial charge in [-0.15, -0.1) is 0 Å². The summed E-state index contributed by atoms with van der Waals surface area (Å²) in [5.74, 6) is 0.788. The molecule has 4 heterocycles. The third kappa shape index (κ3) is 3.74. The second-order valence-corrected chi connectivity index (χ2v) is 8.73. The Balaban J connectivity index is 1.22. The molecule has 0 aliphatic carbocycles. The molecule has 1 aromatic heterocycles. The van der Waals surface area contributed by atoms with Crippen LogP contribution in [0, 0.1) is 0 Å². The van der Waals surface area contributed by atoms with E-state index in [4.69, 9.17) is 9.47 Å². The van der Waals surface area contributed by atoms with Crippen molar-refractivity contribution in [1.82, 2.24) is 10.6 Å². The Kier molecular flexibility index (Phi) is 4.96. The number of hydrogen-bond donors (Lipinski definition) is 2. The number of morpholine rings is 1. The Morgan fingerprint density at radius 2 is 2.11 bits per heavy atom. The summed E-state index contributed by atoms with van der Waals surface area (Å²) in [7, 11) is 0. The van der Waals surface area contributed by atoms with Gasteiger partial charge in [0.15, 0.2) is 5.06 Å². The van der Waals surface area contributed by atoms with Crippen molar-refractivity contribution in [3.8, 4) is 10.8 Å². The zero-order chi connectivity index (χ0) is 18.9. The largest absolute Gasteiger partial charge is 0.447 e. The number of hydrogen-bond acceptors (Lipinski definition) is 6. The van der Waals surface area contributed by atoms with Gasteiger partial charge < -0.3 is 25.0 Å². The summed E-state index contributed by atoms with van der Waals surface area (Å²) in [6.07, 6.45) is 3.44. The quantitative estimate of drug-likeness (QED) is 0.809.